The van der Waals surface area contributed by atoms with Gasteiger partial charge in [0.2, 0.25) is 0 Å². The number of nitrogens with zero attached hydrogens (tertiary/aromatic N) is 1. The number of aliphatic carboxylic acids is 3. The number of hydrogen-bond donors (Lipinski definition) is 4. The number of carbonyl (C=O) groups is 4. The number of quaternary nitrogens is 2. The number of carbonyl (C=O) groups excluding carboxylic acids is 3. The molecule has 18 heteroatoms. The van der Waals surface area contributed by atoms with Gasteiger partial charge in [-0.25, -0.2) is 9.59 Å². The molecular weight excluding hydrogens is 692 g/mol. The average Bonchev–Trinajstić information content (AvgIpc) is 3.40. The number of thioether (sulfide) groups is 1. The summed E-state index contributed by atoms with van der Waals surface area (Å²) in [7, 11) is 0. The van der Waals surface area contributed by atoms with Gasteiger partial charge in [-0.2, -0.15) is 50.7 Å². The first-order chi connectivity index (χ1) is 22.1. The van der Waals surface area contributed by atoms with E-state index in [0.717, 1.165) is 31.6 Å². The zero-order valence-corrected chi connectivity index (χ0v) is 28.5. The van der Waals surface area contributed by atoms with Gasteiger partial charge in [-0.1, -0.05) is 44.2 Å². The lowest BCUT2D eigenvalue weighted by atomic mass is 9.95. The van der Waals surface area contributed by atoms with Gasteiger partial charge in [0.05, 0.1) is 0 Å². The van der Waals surface area contributed by atoms with Crippen molar-refractivity contribution in [3.63, 3.8) is 0 Å². The normalized spacial score (nSPS) is 18.0. The second kappa shape index (κ2) is 22.0. The summed E-state index contributed by atoms with van der Waals surface area (Å²) in [6.07, 6.45) is -1.05. The molecule has 0 radical (unpaired) electrons. The number of nitrogens with two attached hydrogens (primary N) is 1. The molecular formula is C30H43F6N3O7S2. The van der Waals surface area contributed by atoms with E-state index in [1.165, 1.54) is 16.4 Å². The van der Waals surface area contributed by atoms with Gasteiger partial charge >= 0.3 is 24.2 Å². The molecule has 0 unspecified atom stereocenters. The molecule has 1 amide bonds. The summed E-state index contributed by atoms with van der Waals surface area (Å²) in [5.41, 5.74) is 6.71. The second-order valence-corrected chi connectivity index (χ2v) is 12.6. The summed E-state index contributed by atoms with van der Waals surface area (Å²) >= 11 is 5.89. The Bertz CT molecular complexity index is 1160. The van der Waals surface area contributed by atoms with Crippen molar-refractivity contribution in [2.75, 3.05) is 30.9 Å². The number of amides is 1. The maximum absolute atomic E-state index is 13.2. The fourth-order valence-electron chi connectivity index (χ4n) is 4.43. The van der Waals surface area contributed by atoms with Crippen LogP contribution in [0.4, 0.5) is 26.3 Å². The number of primary amides is 1. The Balaban J connectivity index is 0.00000131. The lowest BCUT2D eigenvalue weighted by Gasteiger charge is -2.21. The molecule has 6 N–H and O–H groups in total. The summed E-state index contributed by atoms with van der Waals surface area (Å²) in [5.74, 6) is -4.63. The van der Waals surface area contributed by atoms with Crippen LogP contribution in [-0.4, -0.2) is 95.2 Å². The Morgan fingerprint density at radius 1 is 1.08 bits per heavy atom. The molecule has 0 spiro atoms. The van der Waals surface area contributed by atoms with Crippen molar-refractivity contribution >= 4 is 48.2 Å². The monoisotopic (exact) mass is 735 g/mol. The van der Waals surface area contributed by atoms with E-state index in [1.54, 1.807) is 11.8 Å². The van der Waals surface area contributed by atoms with Gasteiger partial charge in [0, 0.05) is 25.3 Å². The number of likely N-dealkylation sites (tertiary alicyclic amines) is 1. The molecule has 48 heavy (non-hydrogen) atoms. The number of thiol groups is 1. The fraction of sp³-hybridized carbons (Fsp3) is 0.600. The Hall–Kier alpha value is -2.80. The molecule has 1 aliphatic rings. The van der Waals surface area contributed by atoms with E-state index >= 15 is 0 Å². The highest BCUT2D eigenvalue weighted by Crippen LogP contribution is 2.27. The number of carboxylic acid groups (broad SMARTS) is 3. The van der Waals surface area contributed by atoms with Crippen LogP contribution in [0.2, 0.25) is 0 Å². The van der Waals surface area contributed by atoms with Gasteiger partial charge in [0.1, 0.15) is 24.0 Å². The van der Waals surface area contributed by atoms with Crippen molar-refractivity contribution in [3.8, 4) is 0 Å². The molecule has 1 aliphatic heterocycles. The zero-order valence-electron chi connectivity index (χ0n) is 26.8. The standard InChI is InChI=1S/C26H41N3O3S2.2C2HF3O2/c1-18(2)21-10-8-19(9-11-21)6-7-20-15-24(29(16-20)13-4-5-22(27)17-33)25(30)28-23(26(31)32)12-14-34-3;2*3-2(4,5)1(6)7/h4-5,8-11,18,20,22-24,33H,6-7,12-17,27H2,1-3H3,(H,28,30)(H,31,32);2*(H,6,7)/b5-4+;;/t20-,22-,23+,24+;;/m1../s1. The van der Waals surface area contributed by atoms with Crippen molar-refractivity contribution in [1.29, 1.82) is 0 Å². The first kappa shape index (κ1) is 45.2. The first-order valence-electron chi connectivity index (χ1n) is 14.7. The van der Waals surface area contributed by atoms with E-state index in [0.29, 0.717) is 30.6 Å². The second-order valence-electron chi connectivity index (χ2n) is 11.2. The smallest absolute Gasteiger partial charge is 0.430 e. The van der Waals surface area contributed by atoms with E-state index in [-0.39, 0.29) is 18.0 Å². The number of hydrogen-bond acceptors (Lipinski definition) is 9. The maximum Gasteiger partial charge on any atom is 0.430 e. The largest absolute Gasteiger partial charge is 0.542 e. The summed E-state index contributed by atoms with van der Waals surface area (Å²) < 4.78 is 63.1. The Kier molecular flexibility index (Phi) is 20.7. The number of rotatable bonds is 14. The third-order valence-electron chi connectivity index (χ3n) is 7.07. The quantitative estimate of drug-likeness (QED) is 0.120. The zero-order chi connectivity index (χ0) is 37.2. The van der Waals surface area contributed by atoms with Gasteiger partial charge in [-0.05, 0) is 60.3 Å². The van der Waals surface area contributed by atoms with Gasteiger partial charge in [0.15, 0.2) is 6.04 Å². The number of carboxylic acids is 3. The molecule has 0 bridgehead atoms. The molecule has 0 aliphatic carbocycles. The van der Waals surface area contributed by atoms with Crippen molar-refractivity contribution in [1.82, 2.24) is 4.90 Å². The molecule has 1 fully saturated rings. The Morgan fingerprint density at radius 3 is 2.02 bits per heavy atom. The minimum Gasteiger partial charge on any atom is -0.542 e. The van der Waals surface area contributed by atoms with Gasteiger partial charge < -0.3 is 30.6 Å². The summed E-state index contributed by atoms with van der Waals surface area (Å²) in [6, 6.07) is 8.03. The van der Waals surface area contributed by atoms with Crippen molar-refractivity contribution in [3.05, 3.63) is 47.5 Å². The van der Waals surface area contributed by atoms with Gasteiger partial charge in [0.25, 0.3) is 0 Å². The topological polar surface area (TPSA) is 182 Å². The predicted octanol–water partition coefficient (Wildman–Crippen LogP) is 0.423. The summed E-state index contributed by atoms with van der Waals surface area (Å²) in [5, 5.41) is 28.6. The summed E-state index contributed by atoms with van der Waals surface area (Å²) in [6.45, 7) is 5.93. The first-order valence-corrected chi connectivity index (χ1v) is 16.8. The van der Waals surface area contributed by atoms with Crippen LogP contribution in [0.25, 0.3) is 0 Å². The molecule has 1 saturated heterocycles. The van der Waals surface area contributed by atoms with E-state index in [4.69, 9.17) is 19.8 Å². The molecule has 1 aromatic rings. The van der Waals surface area contributed by atoms with Gasteiger partial charge in [-0.3, -0.25) is 10.2 Å². The summed E-state index contributed by atoms with van der Waals surface area (Å²) in [4.78, 5) is 44.6. The van der Waals surface area contributed by atoms with E-state index in [9.17, 15) is 41.0 Å². The Labute approximate surface area is 284 Å². The van der Waals surface area contributed by atoms with Crippen LogP contribution in [0, 0.1) is 5.92 Å². The Morgan fingerprint density at radius 2 is 1.60 bits per heavy atom. The maximum atomic E-state index is 13.2. The van der Waals surface area contributed by atoms with Crippen LogP contribution < -0.4 is 21.3 Å². The highest BCUT2D eigenvalue weighted by atomic mass is 32.2. The molecule has 2 rings (SSSR count). The number of aryl methyl sites for hydroxylation is 1. The van der Waals surface area contributed by atoms with E-state index in [2.05, 4.69) is 67.5 Å². The number of alkyl halides is 6. The highest BCUT2D eigenvalue weighted by molar-refractivity contribution is 7.98. The fourth-order valence-corrected chi connectivity index (χ4v) is 5.04. The van der Waals surface area contributed by atoms with E-state index < -0.39 is 36.3 Å². The van der Waals surface area contributed by atoms with Crippen LogP contribution in [0.3, 0.4) is 0 Å². The molecule has 0 aromatic heterocycles. The lowest BCUT2D eigenvalue weighted by molar-refractivity contribution is -0.596. The molecule has 4 atom stereocenters. The van der Waals surface area contributed by atoms with E-state index in [1.807, 2.05) is 12.3 Å². The third-order valence-corrected chi connectivity index (χ3v) is 8.18. The van der Waals surface area contributed by atoms with Crippen LogP contribution >= 0.6 is 24.4 Å². The van der Waals surface area contributed by atoms with Crippen LogP contribution in [0.1, 0.15) is 50.2 Å². The third kappa shape index (κ3) is 18.7. The number of benzene rings is 1. The lowest BCUT2D eigenvalue weighted by Crippen LogP contribution is -2.97. The number of halogens is 6. The minimum atomic E-state index is -5.19. The molecule has 10 nitrogen and oxygen atoms in total. The average molecular weight is 736 g/mol. The molecule has 274 valence electrons. The molecule has 0 saturated carbocycles. The highest BCUT2D eigenvalue weighted by Gasteiger charge is 2.40. The van der Waals surface area contributed by atoms with Crippen LogP contribution in [0.15, 0.2) is 36.4 Å². The molecule has 1 aromatic carbocycles. The van der Waals surface area contributed by atoms with Crippen LogP contribution in [-0.2, 0) is 25.6 Å². The predicted molar refractivity (Wildman–Crippen MR) is 165 cm³/mol. The van der Waals surface area contributed by atoms with Gasteiger partial charge in [-0.15, -0.1) is 0 Å². The van der Waals surface area contributed by atoms with Crippen LogP contribution in [0.5, 0.6) is 0 Å². The minimum absolute atomic E-state index is 0.0499. The van der Waals surface area contributed by atoms with Crippen molar-refractivity contribution < 1.29 is 71.9 Å². The van der Waals surface area contributed by atoms with Crippen molar-refractivity contribution in [2.24, 2.45) is 5.92 Å². The SMILES string of the molecule is CSCC[C@H]([NH2+]C(=O)[C@@H]1C[C@@H](CCc2ccc(C(C)C)cc2)CN1C/C=C/[C@@H]([NH3+])CS)C(=O)O.O=C([O-])C(F)(F)F.O=C([O-])C(F)(F)F. The molecule has 1 heterocycles. The van der Waals surface area contributed by atoms with Crippen molar-refractivity contribution in [2.45, 2.75) is 75.9 Å².